The second kappa shape index (κ2) is 3.64. The SMILES string of the molecule is N#Cc1nccn1-c1ccc2nccnc2n1. The van der Waals surface area contributed by atoms with Crippen LogP contribution in [0, 0.1) is 11.3 Å². The van der Waals surface area contributed by atoms with Crippen LogP contribution in [0.25, 0.3) is 17.0 Å². The number of pyridine rings is 1. The highest BCUT2D eigenvalue weighted by atomic mass is 15.1. The molecule has 0 spiro atoms. The van der Waals surface area contributed by atoms with Crippen LogP contribution in [-0.4, -0.2) is 24.5 Å². The fourth-order valence-electron chi connectivity index (χ4n) is 1.55. The van der Waals surface area contributed by atoms with Gasteiger partial charge in [-0.2, -0.15) is 5.26 Å². The van der Waals surface area contributed by atoms with E-state index >= 15 is 0 Å². The lowest BCUT2D eigenvalue weighted by molar-refractivity contribution is 0.971. The topological polar surface area (TPSA) is 80.3 Å². The van der Waals surface area contributed by atoms with Crippen LogP contribution in [0.5, 0.6) is 0 Å². The van der Waals surface area contributed by atoms with Crippen molar-refractivity contribution >= 4 is 11.2 Å². The molecule has 80 valence electrons. The molecule has 0 aliphatic heterocycles. The first kappa shape index (κ1) is 9.42. The average Bonchev–Trinajstić information content (AvgIpc) is 2.86. The number of hydrogen-bond acceptors (Lipinski definition) is 5. The number of fused-ring (bicyclic) bond motifs is 1. The van der Waals surface area contributed by atoms with Gasteiger partial charge in [-0.1, -0.05) is 0 Å². The van der Waals surface area contributed by atoms with Crippen molar-refractivity contribution in [3.8, 4) is 11.9 Å². The van der Waals surface area contributed by atoms with E-state index in [-0.39, 0.29) is 0 Å². The zero-order valence-electron chi connectivity index (χ0n) is 8.65. The minimum absolute atomic E-state index is 0.292. The van der Waals surface area contributed by atoms with E-state index in [1.807, 2.05) is 12.1 Å². The van der Waals surface area contributed by atoms with Crippen LogP contribution in [0.3, 0.4) is 0 Å². The van der Waals surface area contributed by atoms with Crippen LogP contribution in [0.2, 0.25) is 0 Å². The molecule has 3 aromatic rings. The van der Waals surface area contributed by atoms with Crippen molar-refractivity contribution in [1.29, 1.82) is 5.26 Å². The predicted molar refractivity (Wildman–Crippen MR) is 59.2 cm³/mol. The van der Waals surface area contributed by atoms with Crippen molar-refractivity contribution in [2.24, 2.45) is 0 Å². The largest absolute Gasteiger partial charge is 0.275 e. The Labute approximate surface area is 96.2 Å². The van der Waals surface area contributed by atoms with Gasteiger partial charge in [0, 0.05) is 24.8 Å². The van der Waals surface area contributed by atoms with Gasteiger partial charge in [0.1, 0.15) is 17.4 Å². The van der Waals surface area contributed by atoms with Crippen LogP contribution in [0.4, 0.5) is 0 Å². The average molecular weight is 222 g/mol. The summed E-state index contributed by atoms with van der Waals surface area (Å²) in [6, 6.07) is 5.59. The molecule has 3 rings (SSSR count). The Morgan fingerprint density at radius 3 is 2.82 bits per heavy atom. The van der Waals surface area contributed by atoms with Crippen LogP contribution in [0.1, 0.15) is 5.82 Å². The first-order valence-corrected chi connectivity index (χ1v) is 4.90. The Morgan fingerprint density at radius 1 is 1.06 bits per heavy atom. The van der Waals surface area contributed by atoms with Gasteiger partial charge in [-0.05, 0) is 12.1 Å². The maximum atomic E-state index is 8.89. The van der Waals surface area contributed by atoms with Gasteiger partial charge in [0.2, 0.25) is 5.82 Å². The molecular formula is C11H6N6. The number of nitrogens with zero attached hydrogens (tertiary/aromatic N) is 6. The normalized spacial score (nSPS) is 10.3. The highest BCUT2D eigenvalue weighted by Gasteiger charge is 2.06. The van der Waals surface area contributed by atoms with E-state index in [0.717, 1.165) is 5.52 Å². The van der Waals surface area contributed by atoms with Gasteiger partial charge in [-0.25, -0.2) is 15.0 Å². The molecule has 0 aliphatic rings. The third-order valence-corrected chi connectivity index (χ3v) is 2.30. The van der Waals surface area contributed by atoms with E-state index in [9.17, 15) is 0 Å². The number of rotatable bonds is 1. The van der Waals surface area contributed by atoms with Crippen molar-refractivity contribution in [2.45, 2.75) is 0 Å². The summed E-state index contributed by atoms with van der Waals surface area (Å²) >= 11 is 0. The summed E-state index contributed by atoms with van der Waals surface area (Å²) in [5.74, 6) is 0.896. The van der Waals surface area contributed by atoms with Crippen molar-refractivity contribution in [3.05, 3.63) is 42.7 Å². The smallest absolute Gasteiger partial charge is 0.218 e. The van der Waals surface area contributed by atoms with Gasteiger partial charge in [0.05, 0.1) is 0 Å². The van der Waals surface area contributed by atoms with Crippen LogP contribution < -0.4 is 0 Å². The Morgan fingerprint density at radius 2 is 1.94 bits per heavy atom. The van der Waals surface area contributed by atoms with Gasteiger partial charge in [0.25, 0.3) is 0 Å². The summed E-state index contributed by atoms with van der Waals surface area (Å²) in [7, 11) is 0. The lowest BCUT2D eigenvalue weighted by atomic mass is 10.4. The summed E-state index contributed by atoms with van der Waals surface area (Å²) in [4.78, 5) is 16.5. The zero-order chi connectivity index (χ0) is 11.7. The molecule has 0 bridgehead atoms. The second-order valence-corrected chi connectivity index (χ2v) is 3.30. The maximum Gasteiger partial charge on any atom is 0.218 e. The Bertz CT molecular complexity index is 724. The predicted octanol–water partition coefficient (Wildman–Crippen LogP) is 1.08. The molecule has 0 saturated carbocycles. The fourth-order valence-corrected chi connectivity index (χ4v) is 1.55. The monoisotopic (exact) mass is 222 g/mol. The molecule has 0 amide bonds. The minimum Gasteiger partial charge on any atom is -0.275 e. The summed E-state index contributed by atoms with van der Waals surface area (Å²) in [5, 5.41) is 8.89. The Balaban J connectivity index is 2.22. The maximum absolute atomic E-state index is 8.89. The molecule has 3 aromatic heterocycles. The Kier molecular flexibility index (Phi) is 2.02. The van der Waals surface area contributed by atoms with Gasteiger partial charge >= 0.3 is 0 Å². The standard InChI is InChI=1S/C11H6N6/c12-7-10-14-5-6-17(10)9-2-1-8-11(16-9)15-4-3-13-8/h1-6H. The summed E-state index contributed by atoms with van der Waals surface area (Å²) < 4.78 is 1.61. The molecule has 6 nitrogen and oxygen atoms in total. The van der Waals surface area contributed by atoms with Crippen molar-refractivity contribution in [2.75, 3.05) is 0 Å². The molecule has 0 unspecified atom stereocenters. The van der Waals surface area contributed by atoms with E-state index in [1.165, 1.54) is 0 Å². The first-order valence-electron chi connectivity index (χ1n) is 4.90. The first-order chi connectivity index (χ1) is 8.38. The van der Waals surface area contributed by atoms with E-state index in [0.29, 0.717) is 17.3 Å². The molecule has 0 aliphatic carbocycles. The molecule has 0 atom stereocenters. The molecule has 0 aromatic carbocycles. The lowest BCUT2D eigenvalue weighted by Crippen LogP contribution is -2.00. The van der Waals surface area contributed by atoms with Crippen LogP contribution in [-0.2, 0) is 0 Å². The highest BCUT2D eigenvalue weighted by Crippen LogP contribution is 2.11. The molecule has 6 heteroatoms. The zero-order valence-corrected chi connectivity index (χ0v) is 8.65. The quantitative estimate of drug-likeness (QED) is 0.615. The molecule has 17 heavy (non-hydrogen) atoms. The molecule has 3 heterocycles. The third kappa shape index (κ3) is 1.50. The highest BCUT2D eigenvalue weighted by molar-refractivity contribution is 5.70. The van der Waals surface area contributed by atoms with E-state index in [1.54, 1.807) is 35.4 Å². The van der Waals surface area contributed by atoms with Gasteiger partial charge in [0.15, 0.2) is 5.65 Å². The van der Waals surface area contributed by atoms with Gasteiger partial charge < -0.3 is 0 Å². The third-order valence-electron chi connectivity index (χ3n) is 2.30. The molecule has 0 fully saturated rings. The van der Waals surface area contributed by atoms with E-state index in [4.69, 9.17) is 5.26 Å². The summed E-state index contributed by atoms with van der Waals surface area (Å²) in [5.41, 5.74) is 1.26. The summed E-state index contributed by atoms with van der Waals surface area (Å²) in [6.07, 6.45) is 6.43. The van der Waals surface area contributed by atoms with E-state index in [2.05, 4.69) is 19.9 Å². The van der Waals surface area contributed by atoms with Gasteiger partial charge in [-0.3, -0.25) is 9.55 Å². The second-order valence-electron chi connectivity index (χ2n) is 3.30. The number of imidazole rings is 1. The fraction of sp³-hybridized carbons (Fsp3) is 0. The summed E-state index contributed by atoms with van der Waals surface area (Å²) in [6.45, 7) is 0. The van der Waals surface area contributed by atoms with Crippen molar-refractivity contribution in [3.63, 3.8) is 0 Å². The number of nitriles is 1. The molecule has 0 saturated heterocycles. The van der Waals surface area contributed by atoms with Gasteiger partial charge in [-0.15, -0.1) is 0 Å². The number of aromatic nitrogens is 5. The van der Waals surface area contributed by atoms with Crippen molar-refractivity contribution < 1.29 is 0 Å². The molecule has 0 radical (unpaired) electrons. The van der Waals surface area contributed by atoms with E-state index < -0.39 is 0 Å². The Hall–Kier alpha value is -2.81. The molecular weight excluding hydrogens is 216 g/mol. The van der Waals surface area contributed by atoms with Crippen molar-refractivity contribution in [1.82, 2.24) is 24.5 Å². The van der Waals surface area contributed by atoms with Crippen LogP contribution >= 0.6 is 0 Å². The van der Waals surface area contributed by atoms with Crippen LogP contribution in [0.15, 0.2) is 36.9 Å². The number of hydrogen-bond donors (Lipinski definition) is 0. The molecule has 0 N–H and O–H groups in total. The lowest BCUT2D eigenvalue weighted by Gasteiger charge is -2.02. The minimum atomic E-state index is 0.292.